The lowest BCUT2D eigenvalue weighted by Crippen LogP contribution is -2.16. The number of phenolic OH excluding ortho intramolecular Hbond substituents is 2. The van der Waals surface area contributed by atoms with Crippen molar-refractivity contribution in [3.63, 3.8) is 0 Å². The van der Waals surface area contributed by atoms with Crippen LogP contribution in [0.25, 0.3) is 11.1 Å². The van der Waals surface area contributed by atoms with E-state index in [1.807, 2.05) is 26.0 Å². The molecule has 2 N–H and O–H groups in total. The Morgan fingerprint density at radius 1 is 0.583 bits per heavy atom. The molecule has 130 valence electrons. The fourth-order valence-electron chi connectivity index (χ4n) is 3.08. The number of aryl methyl sites for hydroxylation is 2. The standard InChI is InChI=1S/C22H30O2/c1-13-9-15(17(11-19(13)23)21(3,4)5)16-10-14(2)20(24)12-18(16)22(6,7)8/h9-12,23-24H,1-8H3. The van der Waals surface area contributed by atoms with Crippen LogP contribution in [0, 0.1) is 13.8 Å². The van der Waals surface area contributed by atoms with Gasteiger partial charge in [0.25, 0.3) is 0 Å². The number of hydrogen-bond acceptors (Lipinski definition) is 2. The normalized spacial score (nSPS) is 12.5. The van der Waals surface area contributed by atoms with Crippen LogP contribution in [-0.4, -0.2) is 10.2 Å². The van der Waals surface area contributed by atoms with E-state index in [1.165, 1.54) is 0 Å². The molecule has 0 saturated heterocycles. The zero-order chi connectivity index (χ0) is 18.4. The Balaban J connectivity index is 2.91. The minimum absolute atomic E-state index is 0.0958. The number of benzene rings is 2. The summed E-state index contributed by atoms with van der Waals surface area (Å²) in [7, 11) is 0. The molecular weight excluding hydrogens is 296 g/mol. The lowest BCUT2D eigenvalue weighted by molar-refractivity contribution is 0.466. The Kier molecular flexibility index (Phi) is 4.47. The first-order chi connectivity index (χ1) is 10.8. The van der Waals surface area contributed by atoms with Gasteiger partial charge >= 0.3 is 0 Å². The molecule has 2 nitrogen and oxygen atoms in total. The Morgan fingerprint density at radius 3 is 1.12 bits per heavy atom. The van der Waals surface area contributed by atoms with Crippen molar-refractivity contribution in [3.05, 3.63) is 46.5 Å². The third-order valence-electron chi connectivity index (χ3n) is 4.58. The maximum Gasteiger partial charge on any atom is 0.118 e. The average molecular weight is 326 g/mol. The molecule has 0 radical (unpaired) electrons. The summed E-state index contributed by atoms with van der Waals surface area (Å²) in [6, 6.07) is 7.91. The molecule has 0 unspecified atom stereocenters. The monoisotopic (exact) mass is 326 g/mol. The lowest BCUT2D eigenvalue weighted by atomic mass is 9.76. The minimum Gasteiger partial charge on any atom is -0.508 e. The van der Waals surface area contributed by atoms with Gasteiger partial charge in [-0.15, -0.1) is 0 Å². The molecule has 2 aromatic rings. The molecule has 0 aromatic heterocycles. The van der Waals surface area contributed by atoms with Crippen LogP contribution in [0.15, 0.2) is 24.3 Å². The number of aromatic hydroxyl groups is 2. The molecule has 0 fully saturated rings. The molecule has 0 saturated carbocycles. The summed E-state index contributed by atoms with van der Waals surface area (Å²) in [4.78, 5) is 0. The van der Waals surface area contributed by atoms with E-state index in [-0.39, 0.29) is 10.8 Å². The summed E-state index contributed by atoms with van der Waals surface area (Å²) >= 11 is 0. The summed E-state index contributed by atoms with van der Waals surface area (Å²) in [5.41, 5.74) is 6.02. The van der Waals surface area contributed by atoms with Gasteiger partial charge in [-0.1, -0.05) is 41.5 Å². The van der Waals surface area contributed by atoms with Crippen LogP contribution in [0.5, 0.6) is 11.5 Å². The molecule has 0 atom stereocenters. The molecule has 0 aliphatic carbocycles. The number of phenols is 2. The molecule has 0 heterocycles. The molecule has 0 bridgehead atoms. The highest BCUT2D eigenvalue weighted by Crippen LogP contribution is 2.43. The summed E-state index contributed by atoms with van der Waals surface area (Å²) in [5.74, 6) is 0.660. The highest BCUT2D eigenvalue weighted by molar-refractivity contribution is 5.76. The quantitative estimate of drug-likeness (QED) is 0.677. The van der Waals surface area contributed by atoms with Gasteiger partial charge in [0.05, 0.1) is 0 Å². The van der Waals surface area contributed by atoms with E-state index in [2.05, 4.69) is 53.7 Å². The average Bonchev–Trinajstić information content (AvgIpc) is 2.41. The fourth-order valence-corrected chi connectivity index (χ4v) is 3.08. The third kappa shape index (κ3) is 3.43. The fraction of sp³-hybridized carbons (Fsp3) is 0.455. The van der Waals surface area contributed by atoms with Crippen LogP contribution in [0.4, 0.5) is 0 Å². The molecule has 24 heavy (non-hydrogen) atoms. The first-order valence-electron chi connectivity index (χ1n) is 8.51. The van der Waals surface area contributed by atoms with Gasteiger partial charge in [-0.25, -0.2) is 0 Å². The maximum absolute atomic E-state index is 10.2. The SMILES string of the molecule is Cc1cc(-c2cc(C)c(O)cc2C(C)(C)C)c(C(C)(C)C)cc1O. The summed E-state index contributed by atoms with van der Waals surface area (Å²) in [5, 5.41) is 20.4. The largest absolute Gasteiger partial charge is 0.508 e. The van der Waals surface area contributed by atoms with Crippen molar-refractivity contribution >= 4 is 0 Å². The first kappa shape index (κ1) is 18.4. The van der Waals surface area contributed by atoms with Crippen molar-refractivity contribution in [3.8, 4) is 22.6 Å². The van der Waals surface area contributed by atoms with E-state index in [9.17, 15) is 10.2 Å². The van der Waals surface area contributed by atoms with Gasteiger partial charge in [-0.3, -0.25) is 0 Å². The van der Waals surface area contributed by atoms with Crippen LogP contribution in [0.3, 0.4) is 0 Å². The predicted octanol–water partition coefficient (Wildman–Crippen LogP) is 5.98. The van der Waals surface area contributed by atoms with E-state index in [0.717, 1.165) is 33.4 Å². The van der Waals surface area contributed by atoms with Crippen molar-refractivity contribution in [2.75, 3.05) is 0 Å². The van der Waals surface area contributed by atoms with Crippen molar-refractivity contribution in [2.24, 2.45) is 0 Å². The smallest absolute Gasteiger partial charge is 0.118 e. The van der Waals surface area contributed by atoms with Crippen LogP contribution >= 0.6 is 0 Å². The van der Waals surface area contributed by atoms with Crippen LogP contribution in [0.1, 0.15) is 63.8 Å². The topological polar surface area (TPSA) is 40.5 Å². The molecule has 0 aliphatic heterocycles. The zero-order valence-electron chi connectivity index (χ0n) is 16.2. The van der Waals surface area contributed by atoms with Crippen LogP contribution in [0.2, 0.25) is 0 Å². The first-order valence-corrected chi connectivity index (χ1v) is 8.51. The van der Waals surface area contributed by atoms with Crippen molar-refractivity contribution in [1.82, 2.24) is 0 Å². The van der Waals surface area contributed by atoms with Crippen LogP contribution < -0.4 is 0 Å². The summed E-state index contributed by atoms with van der Waals surface area (Å²) in [6.07, 6.45) is 0. The summed E-state index contributed by atoms with van der Waals surface area (Å²) < 4.78 is 0. The number of rotatable bonds is 1. The second-order valence-electron chi connectivity index (χ2n) is 8.87. The van der Waals surface area contributed by atoms with E-state index < -0.39 is 0 Å². The minimum atomic E-state index is -0.0958. The molecule has 2 rings (SSSR count). The zero-order valence-corrected chi connectivity index (χ0v) is 16.2. The highest BCUT2D eigenvalue weighted by atomic mass is 16.3. The van der Waals surface area contributed by atoms with Gasteiger partial charge < -0.3 is 10.2 Å². The Labute approximate surface area is 146 Å². The van der Waals surface area contributed by atoms with Gasteiger partial charge in [-0.2, -0.15) is 0 Å². The van der Waals surface area contributed by atoms with Crippen LogP contribution in [-0.2, 0) is 10.8 Å². The molecule has 2 aromatic carbocycles. The van der Waals surface area contributed by atoms with E-state index in [0.29, 0.717) is 11.5 Å². The van der Waals surface area contributed by atoms with Gasteiger partial charge in [0.2, 0.25) is 0 Å². The Bertz CT molecular complexity index is 705. The molecule has 2 heteroatoms. The molecular formula is C22H30O2. The highest BCUT2D eigenvalue weighted by Gasteiger charge is 2.26. The maximum atomic E-state index is 10.2. The number of hydrogen-bond donors (Lipinski definition) is 2. The molecule has 0 amide bonds. The van der Waals surface area contributed by atoms with E-state index in [4.69, 9.17) is 0 Å². The van der Waals surface area contributed by atoms with Gasteiger partial charge in [0.15, 0.2) is 0 Å². The van der Waals surface area contributed by atoms with Crippen molar-refractivity contribution in [2.45, 2.75) is 66.2 Å². The van der Waals surface area contributed by atoms with E-state index >= 15 is 0 Å². The second kappa shape index (κ2) is 5.84. The van der Waals surface area contributed by atoms with Gasteiger partial charge in [0, 0.05) is 0 Å². The van der Waals surface area contributed by atoms with Gasteiger partial charge in [-0.05, 0) is 82.3 Å². The predicted molar refractivity (Wildman–Crippen MR) is 102 cm³/mol. The second-order valence-corrected chi connectivity index (χ2v) is 8.87. The Morgan fingerprint density at radius 2 is 0.875 bits per heavy atom. The van der Waals surface area contributed by atoms with Gasteiger partial charge in [0.1, 0.15) is 11.5 Å². The third-order valence-corrected chi connectivity index (χ3v) is 4.58. The Hall–Kier alpha value is -1.96. The summed E-state index contributed by atoms with van der Waals surface area (Å²) in [6.45, 7) is 16.8. The lowest BCUT2D eigenvalue weighted by Gasteiger charge is -2.29. The van der Waals surface area contributed by atoms with Crippen molar-refractivity contribution < 1.29 is 10.2 Å². The molecule has 0 spiro atoms. The van der Waals surface area contributed by atoms with Crippen molar-refractivity contribution in [1.29, 1.82) is 0 Å². The molecule has 0 aliphatic rings. The van der Waals surface area contributed by atoms with E-state index in [1.54, 1.807) is 0 Å².